The fourth-order valence-corrected chi connectivity index (χ4v) is 3.16. The Morgan fingerprint density at radius 3 is 2.72 bits per heavy atom. The minimum absolute atomic E-state index is 0.0850. The van der Waals surface area contributed by atoms with E-state index in [4.69, 9.17) is 0 Å². The molecule has 2 amide bonds. The first-order chi connectivity index (χ1) is 8.56. The lowest BCUT2D eigenvalue weighted by atomic mass is 9.94. The number of carbonyl (C=O) groups is 2. The van der Waals surface area contributed by atoms with Crippen LogP contribution in [0.3, 0.4) is 0 Å². The minimum Gasteiger partial charge on any atom is -0.329 e. The van der Waals surface area contributed by atoms with E-state index in [9.17, 15) is 9.59 Å². The highest BCUT2D eigenvalue weighted by molar-refractivity contribution is 9.11. The molecule has 5 heteroatoms. The van der Waals surface area contributed by atoms with Gasteiger partial charge in [-0.25, -0.2) is 0 Å². The molecule has 0 spiro atoms. The SMILES string of the molecule is C=C(Br)CN1C(=O)C2CCCCN2C(=O)C1CC. The number of nitrogens with zero attached hydrogens (tertiary/aromatic N) is 2. The van der Waals surface area contributed by atoms with Crippen LogP contribution in [0.5, 0.6) is 0 Å². The number of piperazine rings is 1. The van der Waals surface area contributed by atoms with E-state index in [-0.39, 0.29) is 23.9 Å². The molecule has 0 aliphatic carbocycles. The second-order valence-corrected chi connectivity index (χ2v) is 6.07. The van der Waals surface area contributed by atoms with Gasteiger partial charge in [0.25, 0.3) is 0 Å². The van der Waals surface area contributed by atoms with Crippen LogP contribution < -0.4 is 0 Å². The maximum absolute atomic E-state index is 12.5. The van der Waals surface area contributed by atoms with Crippen molar-refractivity contribution in [3.05, 3.63) is 11.1 Å². The molecule has 2 unspecified atom stereocenters. The number of halogens is 1. The molecule has 2 fully saturated rings. The molecule has 0 bridgehead atoms. The summed E-state index contributed by atoms with van der Waals surface area (Å²) in [5, 5.41) is 0. The lowest BCUT2D eigenvalue weighted by Crippen LogP contribution is -2.65. The normalized spacial score (nSPS) is 28.3. The quantitative estimate of drug-likeness (QED) is 0.798. The van der Waals surface area contributed by atoms with E-state index < -0.39 is 0 Å². The summed E-state index contributed by atoms with van der Waals surface area (Å²) in [6, 6.07) is -0.554. The van der Waals surface area contributed by atoms with Crippen LogP contribution in [0.1, 0.15) is 32.6 Å². The van der Waals surface area contributed by atoms with Crippen LogP contribution in [-0.4, -0.2) is 46.8 Å². The summed E-state index contributed by atoms with van der Waals surface area (Å²) in [5.74, 6) is 0.192. The highest BCUT2D eigenvalue weighted by Gasteiger charge is 2.45. The van der Waals surface area contributed by atoms with Crippen molar-refractivity contribution in [3.63, 3.8) is 0 Å². The van der Waals surface area contributed by atoms with E-state index in [1.165, 1.54) is 0 Å². The molecular weight excluding hydrogens is 296 g/mol. The molecule has 100 valence electrons. The third-order valence-corrected chi connectivity index (χ3v) is 3.99. The molecule has 0 saturated carbocycles. The molecule has 2 rings (SSSR count). The van der Waals surface area contributed by atoms with E-state index in [0.29, 0.717) is 13.0 Å². The van der Waals surface area contributed by atoms with Gasteiger partial charge in [-0.15, -0.1) is 0 Å². The van der Waals surface area contributed by atoms with E-state index in [1.807, 2.05) is 6.92 Å². The maximum atomic E-state index is 12.5. The number of rotatable bonds is 3. The van der Waals surface area contributed by atoms with Crippen molar-refractivity contribution in [2.45, 2.75) is 44.7 Å². The van der Waals surface area contributed by atoms with Gasteiger partial charge in [0.2, 0.25) is 11.8 Å². The van der Waals surface area contributed by atoms with Crippen LogP contribution in [0.15, 0.2) is 11.1 Å². The van der Waals surface area contributed by atoms with E-state index in [1.54, 1.807) is 9.80 Å². The highest BCUT2D eigenvalue weighted by atomic mass is 79.9. The lowest BCUT2D eigenvalue weighted by Gasteiger charge is -2.46. The summed E-state index contributed by atoms with van der Waals surface area (Å²) in [6.07, 6.45) is 3.50. The Balaban J connectivity index is 2.26. The number of hydrogen-bond acceptors (Lipinski definition) is 2. The second kappa shape index (κ2) is 5.43. The average molecular weight is 315 g/mol. The summed E-state index contributed by atoms with van der Waals surface area (Å²) in [6.45, 7) is 6.88. The van der Waals surface area contributed by atoms with Crippen molar-refractivity contribution < 1.29 is 9.59 Å². The highest BCUT2D eigenvalue weighted by Crippen LogP contribution is 2.28. The Labute approximate surface area is 116 Å². The van der Waals surface area contributed by atoms with Crippen LogP contribution in [0.4, 0.5) is 0 Å². The van der Waals surface area contributed by atoms with Gasteiger partial charge < -0.3 is 9.80 Å². The Morgan fingerprint density at radius 1 is 1.39 bits per heavy atom. The monoisotopic (exact) mass is 314 g/mol. The zero-order valence-corrected chi connectivity index (χ0v) is 12.3. The number of amides is 2. The molecule has 0 N–H and O–H groups in total. The molecule has 2 atom stereocenters. The Hall–Kier alpha value is -0.840. The van der Waals surface area contributed by atoms with E-state index in [2.05, 4.69) is 22.5 Å². The number of fused-ring (bicyclic) bond motifs is 1. The van der Waals surface area contributed by atoms with Gasteiger partial charge in [-0.2, -0.15) is 0 Å². The molecule has 0 radical (unpaired) electrons. The Kier molecular flexibility index (Phi) is 4.10. The number of piperidine rings is 1. The molecule has 2 saturated heterocycles. The van der Waals surface area contributed by atoms with Gasteiger partial charge in [0, 0.05) is 11.0 Å². The van der Waals surface area contributed by atoms with Crippen LogP contribution in [0.2, 0.25) is 0 Å². The van der Waals surface area contributed by atoms with Crippen LogP contribution in [-0.2, 0) is 9.59 Å². The van der Waals surface area contributed by atoms with Gasteiger partial charge in [0.15, 0.2) is 0 Å². The van der Waals surface area contributed by atoms with Crippen molar-refractivity contribution in [3.8, 4) is 0 Å². The van der Waals surface area contributed by atoms with E-state index >= 15 is 0 Å². The van der Waals surface area contributed by atoms with Crippen LogP contribution in [0.25, 0.3) is 0 Å². The van der Waals surface area contributed by atoms with Crippen molar-refractivity contribution in [1.82, 2.24) is 9.80 Å². The van der Waals surface area contributed by atoms with Gasteiger partial charge in [-0.05, 0) is 25.7 Å². The summed E-state index contributed by atoms with van der Waals surface area (Å²) in [7, 11) is 0. The molecule has 2 heterocycles. The van der Waals surface area contributed by atoms with Gasteiger partial charge in [0.05, 0.1) is 6.54 Å². The van der Waals surface area contributed by atoms with Crippen molar-refractivity contribution in [2.24, 2.45) is 0 Å². The van der Waals surface area contributed by atoms with E-state index in [0.717, 1.165) is 30.3 Å². The summed E-state index contributed by atoms with van der Waals surface area (Å²) < 4.78 is 0.742. The number of hydrogen-bond donors (Lipinski definition) is 0. The minimum atomic E-state index is -0.318. The standard InChI is InChI=1S/C13H19BrN2O2/c1-3-10-12(17)15-7-5-4-6-11(15)13(18)16(10)8-9(2)14/h10-11H,2-8H2,1H3. The van der Waals surface area contributed by atoms with Crippen molar-refractivity contribution >= 4 is 27.7 Å². The molecule has 2 aliphatic rings. The van der Waals surface area contributed by atoms with Gasteiger partial charge >= 0.3 is 0 Å². The topological polar surface area (TPSA) is 40.6 Å². The van der Waals surface area contributed by atoms with Gasteiger partial charge in [-0.3, -0.25) is 9.59 Å². The first-order valence-electron chi connectivity index (χ1n) is 6.50. The fourth-order valence-electron chi connectivity index (χ4n) is 2.89. The summed E-state index contributed by atoms with van der Waals surface area (Å²) >= 11 is 3.29. The smallest absolute Gasteiger partial charge is 0.246 e. The summed E-state index contributed by atoms with van der Waals surface area (Å²) in [5.41, 5.74) is 0. The zero-order chi connectivity index (χ0) is 13.3. The van der Waals surface area contributed by atoms with Crippen molar-refractivity contribution in [2.75, 3.05) is 13.1 Å². The molecule has 0 aromatic carbocycles. The second-order valence-electron chi connectivity index (χ2n) is 4.95. The Bertz CT molecular complexity index is 383. The first-order valence-corrected chi connectivity index (χ1v) is 7.29. The molecule has 0 aromatic heterocycles. The largest absolute Gasteiger partial charge is 0.329 e. The predicted octanol–water partition coefficient (Wildman–Crippen LogP) is 1.90. The average Bonchev–Trinajstić information content (AvgIpc) is 2.36. The maximum Gasteiger partial charge on any atom is 0.246 e. The van der Waals surface area contributed by atoms with Gasteiger partial charge in [0.1, 0.15) is 12.1 Å². The number of carbonyl (C=O) groups excluding carboxylic acids is 2. The molecular formula is C13H19BrN2O2. The predicted molar refractivity (Wildman–Crippen MR) is 73.2 cm³/mol. The molecule has 0 aromatic rings. The molecule has 18 heavy (non-hydrogen) atoms. The molecule has 4 nitrogen and oxygen atoms in total. The van der Waals surface area contributed by atoms with Crippen molar-refractivity contribution in [1.29, 1.82) is 0 Å². The van der Waals surface area contributed by atoms with Crippen LogP contribution >= 0.6 is 15.9 Å². The Morgan fingerprint density at radius 2 is 2.11 bits per heavy atom. The summed E-state index contributed by atoms with van der Waals surface area (Å²) in [4.78, 5) is 28.4. The fraction of sp³-hybridized carbons (Fsp3) is 0.692. The third kappa shape index (κ3) is 2.32. The van der Waals surface area contributed by atoms with Crippen LogP contribution in [0, 0.1) is 0 Å². The lowest BCUT2D eigenvalue weighted by molar-refractivity contribution is -0.163. The van der Waals surface area contributed by atoms with Gasteiger partial charge in [-0.1, -0.05) is 29.4 Å². The zero-order valence-electron chi connectivity index (χ0n) is 10.7. The third-order valence-electron chi connectivity index (χ3n) is 3.74. The molecule has 2 aliphatic heterocycles. The first kappa shape index (κ1) is 13.6.